The molecule has 1 fully saturated rings. The van der Waals surface area contributed by atoms with Crippen LogP contribution in [0.4, 0.5) is 0 Å². The quantitative estimate of drug-likeness (QED) is 0.389. The van der Waals surface area contributed by atoms with Gasteiger partial charge in [-0.3, -0.25) is 4.90 Å². The predicted molar refractivity (Wildman–Crippen MR) is 125 cm³/mol. The van der Waals surface area contributed by atoms with E-state index in [1.165, 1.54) is 5.57 Å². The van der Waals surface area contributed by atoms with Crippen molar-refractivity contribution in [1.29, 1.82) is 0 Å². The summed E-state index contributed by atoms with van der Waals surface area (Å²) >= 11 is 0. The molecule has 1 aliphatic rings. The van der Waals surface area contributed by atoms with Crippen LogP contribution in [0.1, 0.15) is 29.5 Å². The van der Waals surface area contributed by atoms with Crippen molar-refractivity contribution in [1.82, 2.24) is 4.90 Å². The third-order valence-electron chi connectivity index (χ3n) is 5.74. The Hall–Kier alpha value is -3.08. The highest BCUT2D eigenvalue weighted by Gasteiger charge is 2.30. The van der Waals surface area contributed by atoms with E-state index in [-0.39, 0.29) is 12.4 Å². The molecule has 1 unspecified atom stereocenters. The van der Waals surface area contributed by atoms with Gasteiger partial charge in [-0.1, -0.05) is 54.6 Å². The Morgan fingerprint density at radius 1 is 0.903 bits per heavy atom. The molecule has 4 rings (SSSR count). The molecule has 1 heterocycles. The standard InChI is InChI=1S/C27H29NO3/c1-28-18-23(28)19-31-25-15-11-22(12-16-25)27(21-9-13-24(30)14-10-21)26(8-5-17-29)20-6-3-2-4-7-20/h2-4,6-7,9-16,23,29-30H,5,8,17-19H2,1H3/b27-26-/t23-,28?/m0/s1. The summed E-state index contributed by atoms with van der Waals surface area (Å²) in [6.45, 7) is 1.95. The van der Waals surface area contributed by atoms with Crippen molar-refractivity contribution in [2.75, 3.05) is 26.8 Å². The van der Waals surface area contributed by atoms with E-state index in [0.29, 0.717) is 19.1 Å². The first-order valence-corrected chi connectivity index (χ1v) is 10.8. The molecule has 1 saturated heterocycles. The Bertz CT molecular complexity index is 1010. The number of likely N-dealkylation sites (N-methyl/N-ethyl adjacent to an activating group) is 1. The zero-order valence-electron chi connectivity index (χ0n) is 17.9. The molecule has 31 heavy (non-hydrogen) atoms. The smallest absolute Gasteiger partial charge is 0.119 e. The van der Waals surface area contributed by atoms with Gasteiger partial charge in [-0.05, 0) is 72.0 Å². The molecular formula is C27H29NO3. The first-order valence-electron chi connectivity index (χ1n) is 10.8. The Morgan fingerprint density at radius 3 is 2.10 bits per heavy atom. The summed E-state index contributed by atoms with van der Waals surface area (Å²) in [7, 11) is 2.10. The molecule has 3 aromatic carbocycles. The van der Waals surface area contributed by atoms with Crippen LogP contribution in [-0.4, -0.2) is 48.0 Å². The van der Waals surface area contributed by atoms with Gasteiger partial charge in [-0.2, -0.15) is 0 Å². The number of aromatic hydroxyl groups is 1. The highest BCUT2D eigenvalue weighted by Crippen LogP contribution is 2.36. The fourth-order valence-corrected chi connectivity index (χ4v) is 3.83. The topological polar surface area (TPSA) is 52.7 Å². The minimum Gasteiger partial charge on any atom is -0.508 e. The summed E-state index contributed by atoms with van der Waals surface area (Å²) < 4.78 is 5.94. The van der Waals surface area contributed by atoms with Crippen LogP contribution in [0.3, 0.4) is 0 Å². The number of allylic oxidation sites excluding steroid dienone is 1. The number of benzene rings is 3. The Kier molecular flexibility index (Phi) is 6.70. The number of nitrogens with zero attached hydrogens (tertiary/aromatic N) is 1. The monoisotopic (exact) mass is 415 g/mol. The van der Waals surface area contributed by atoms with Crippen LogP contribution in [-0.2, 0) is 0 Å². The van der Waals surface area contributed by atoms with Crippen LogP contribution < -0.4 is 4.74 Å². The van der Waals surface area contributed by atoms with E-state index in [9.17, 15) is 10.2 Å². The lowest BCUT2D eigenvalue weighted by Crippen LogP contribution is -2.08. The lowest BCUT2D eigenvalue weighted by atomic mass is 9.87. The average molecular weight is 416 g/mol. The van der Waals surface area contributed by atoms with Gasteiger partial charge < -0.3 is 14.9 Å². The Morgan fingerprint density at radius 2 is 1.52 bits per heavy atom. The maximum atomic E-state index is 9.80. The zero-order valence-corrected chi connectivity index (χ0v) is 17.9. The summed E-state index contributed by atoms with van der Waals surface area (Å²) in [5.74, 6) is 1.11. The normalized spacial score (nSPS) is 18.4. The number of aliphatic hydroxyl groups excluding tert-OH is 1. The van der Waals surface area contributed by atoms with Crippen LogP contribution in [0, 0.1) is 0 Å². The second kappa shape index (κ2) is 9.82. The number of aliphatic hydroxyl groups is 1. The van der Waals surface area contributed by atoms with Crippen molar-refractivity contribution in [3.05, 3.63) is 95.6 Å². The van der Waals surface area contributed by atoms with Crippen molar-refractivity contribution >= 4 is 11.1 Å². The highest BCUT2D eigenvalue weighted by molar-refractivity contribution is 5.98. The third-order valence-corrected chi connectivity index (χ3v) is 5.74. The number of phenolic OH excluding ortho intramolecular Hbond substituents is 1. The molecule has 4 nitrogen and oxygen atoms in total. The molecule has 2 atom stereocenters. The molecule has 160 valence electrons. The van der Waals surface area contributed by atoms with E-state index in [2.05, 4.69) is 36.2 Å². The highest BCUT2D eigenvalue weighted by atomic mass is 16.5. The largest absolute Gasteiger partial charge is 0.508 e. The van der Waals surface area contributed by atoms with Crippen LogP contribution >= 0.6 is 0 Å². The van der Waals surface area contributed by atoms with Crippen LogP contribution in [0.5, 0.6) is 11.5 Å². The van der Waals surface area contributed by atoms with Crippen LogP contribution in [0.2, 0.25) is 0 Å². The Balaban J connectivity index is 1.74. The van der Waals surface area contributed by atoms with Crippen LogP contribution in [0.25, 0.3) is 11.1 Å². The van der Waals surface area contributed by atoms with Gasteiger partial charge in [0.1, 0.15) is 18.1 Å². The van der Waals surface area contributed by atoms with Gasteiger partial charge in [0.05, 0.1) is 6.04 Å². The number of hydrogen-bond donors (Lipinski definition) is 2. The SMILES string of the molecule is CN1C[C@H]1COc1ccc(/C(=C(/CCCO)c2ccccc2)c2ccc(O)cc2)cc1. The molecule has 2 N–H and O–H groups in total. The first kappa shape index (κ1) is 21.2. The van der Waals surface area contributed by atoms with E-state index in [1.54, 1.807) is 12.1 Å². The third kappa shape index (κ3) is 5.35. The number of hydrogen-bond acceptors (Lipinski definition) is 4. The summed E-state index contributed by atoms with van der Waals surface area (Å²) in [5.41, 5.74) is 5.53. The maximum absolute atomic E-state index is 9.80. The minimum atomic E-state index is 0.140. The summed E-state index contributed by atoms with van der Waals surface area (Å²) in [4.78, 5) is 2.26. The summed E-state index contributed by atoms with van der Waals surface area (Å²) in [6, 6.07) is 26.4. The lowest BCUT2D eigenvalue weighted by molar-refractivity contribution is 0.290. The summed E-state index contributed by atoms with van der Waals surface area (Å²) in [6.07, 6.45) is 1.44. The fourth-order valence-electron chi connectivity index (χ4n) is 3.83. The van der Waals surface area contributed by atoms with Crippen molar-refractivity contribution in [2.24, 2.45) is 0 Å². The van der Waals surface area contributed by atoms with Gasteiger partial charge in [0, 0.05) is 13.2 Å². The molecule has 0 aliphatic carbocycles. The lowest BCUT2D eigenvalue weighted by Gasteiger charge is -2.18. The number of phenols is 1. The van der Waals surface area contributed by atoms with Crippen LogP contribution in [0.15, 0.2) is 78.9 Å². The van der Waals surface area contributed by atoms with Gasteiger partial charge in [0.15, 0.2) is 0 Å². The second-order valence-corrected chi connectivity index (χ2v) is 8.02. The minimum absolute atomic E-state index is 0.140. The summed E-state index contributed by atoms with van der Waals surface area (Å²) in [5, 5.41) is 19.3. The van der Waals surface area contributed by atoms with E-state index in [4.69, 9.17) is 4.74 Å². The number of ether oxygens (including phenoxy) is 1. The van der Waals surface area contributed by atoms with E-state index >= 15 is 0 Å². The first-order chi connectivity index (χ1) is 15.2. The van der Waals surface area contributed by atoms with E-state index in [0.717, 1.165) is 41.0 Å². The molecule has 0 bridgehead atoms. The van der Waals surface area contributed by atoms with Crippen molar-refractivity contribution in [2.45, 2.75) is 18.9 Å². The molecule has 4 heteroatoms. The second-order valence-electron chi connectivity index (χ2n) is 8.02. The van der Waals surface area contributed by atoms with E-state index in [1.807, 2.05) is 42.5 Å². The van der Waals surface area contributed by atoms with Gasteiger partial charge in [-0.25, -0.2) is 0 Å². The molecule has 0 amide bonds. The molecular weight excluding hydrogens is 386 g/mol. The van der Waals surface area contributed by atoms with Crippen molar-refractivity contribution < 1.29 is 14.9 Å². The molecule has 0 radical (unpaired) electrons. The van der Waals surface area contributed by atoms with Crippen molar-refractivity contribution in [3.63, 3.8) is 0 Å². The van der Waals surface area contributed by atoms with Gasteiger partial charge in [-0.15, -0.1) is 0 Å². The zero-order chi connectivity index (χ0) is 21.6. The molecule has 0 spiro atoms. The van der Waals surface area contributed by atoms with Crippen molar-refractivity contribution in [3.8, 4) is 11.5 Å². The predicted octanol–water partition coefficient (Wildman–Crippen LogP) is 4.82. The number of rotatable bonds is 9. The maximum Gasteiger partial charge on any atom is 0.119 e. The fraction of sp³-hybridized carbons (Fsp3) is 0.259. The average Bonchev–Trinajstić information content (AvgIpc) is 3.52. The Labute approximate surface area is 184 Å². The molecule has 3 aromatic rings. The molecule has 0 aromatic heterocycles. The molecule has 0 saturated carbocycles. The van der Waals surface area contributed by atoms with Gasteiger partial charge in [0.25, 0.3) is 0 Å². The molecule has 1 aliphatic heterocycles. The van der Waals surface area contributed by atoms with E-state index < -0.39 is 0 Å². The van der Waals surface area contributed by atoms with Gasteiger partial charge >= 0.3 is 0 Å². The van der Waals surface area contributed by atoms with Gasteiger partial charge in [0.2, 0.25) is 0 Å².